The van der Waals surface area contributed by atoms with Crippen molar-refractivity contribution in [2.24, 2.45) is 17.1 Å². The van der Waals surface area contributed by atoms with Gasteiger partial charge < -0.3 is 10.6 Å². The van der Waals surface area contributed by atoms with E-state index in [9.17, 15) is 0 Å². The van der Waals surface area contributed by atoms with E-state index in [1.165, 1.54) is 6.42 Å². The summed E-state index contributed by atoms with van der Waals surface area (Å²) in [5.74, 6) is 0.750. The summed E-state index contributed by atoms with van der Waals surface area (Å²) >= 11 is 0. The van der Waals surface area contributed by atoms with Gasteiger partial charge in [0.05, 0.1) is 11.9 Å². The van der Waals surface area contributed by atoms with Crippen LogP contribution in [0, 0.1) is 16.7 Å². The van der Waals surface area contributed by atoms with Gasteiger partial charge in [0.1, 0.15) is 11.5 Å². The van der Waals surface area contributed by atoms with Crippen LogP contribution in [0.3, 0.4) is 0 Å². The number of nitrogens with one attached hydrogen (secondary N) is 1. The number of hydrogen-bond donors (Lipinski definition) is 2. The molecule has 2 rings (SSSR count). The van der Waals surface area contributed by atoms with E-state index in [4.69, 9.17) is 11.1 Å². The van der Waals surface area contributed by atoms with Crippen LogP contribution in [0.4, 0.5) is 5.69 Å². The Hall–Kier alpha value is -1.58. The first kappa shape index (κ1) is 12.9. The van der Waals surface area contributed by atoms with Gasteiger partial charge in [0.2, 0.25) is 0 Å². The molecular formula is C14H22N4. The van der Waals surface area contributed by atoms with Crippen molar-refractivity contribution in [3.05, 3.63) is 24.0 Å². The molecule has 0 bridgehead atoms. The molecule has 1 fully saturated rings. The van der Waals surface area contributed by atoms with Crippen molar-refractivity contribution in [3.63, 3.8) is 0 Å². The summed E-state index contributed by atoms with van der Waals surface area (Å²) in [5, 5.41) is 7.33. The molecule has 0 aromatic carbocycles. The first-order valence-corrected chi connectivity index (χ1v) is 6.43. The number of anilines is 1. The number of amidine groups is 1. The van der Waals surface area contributed by atoms with Crippen molar-refractivity contribution < 1.29 is 0 Å². The Kier molecular flexibility index (Phi) is 3.28. The molecule has 18 heavy (non-hydrogen) atoms. The highest BCUT2D eigenvalue weighted by atomic mass is 15.2. The zero-order chi connectivity index (χ0) is 13.3. The van der Waals surface area contributed by atoms with Crippen LogP contribution in [-0.4, -0.2) is 23.9 Å². The molecule has 0 spiro atoms. The molecule has 98 valence electrons. The van der Waals surface area contributed by atoms with Crippen LogP contribution >= 0.6 is 0 Å². The second-order valence-corrected chi connectivity index (χ2v) is 6.11. The molecule has 0 saturated carbocycles. The van der Waals surface area contributed by atoms with E-state index >= 15 is 0 Å². The van der Waals surface area contributed by atoms with E-state index in [2.05, 4.69) is 30.7 Å². The Bertz CT molecular complexity index is 430. The number of nitrogens with two attached hydrogens (primary N) is 1. The molecule has 2 heterocycles. The van der Waals surface area contributed by atoms with Crippen molar-refractivity contribution in [1.29, 1.82) is 5.41 Å². The number of pyridine rings is 1. The van der Waals surface area contributed by atoms with Crippen LogP contribution in [0.1, 0.15) is 32.9 Å². The molecule has 0 amide bonds. The molecule has 1 aromatic heterocycles. The lowest BCUT2D eigenvalue weighted by Gasteiger charge is -2.27. The third-order valence-corrected chi connectivity index (χ3v) is 3.80. The summed E-state index contributed by atoms with van der Waals surface area (Å²) in [6, 6.07) is 3.83. The fourth-order valence-electron chi connectivity index (χ4n) is 2.43. The first-order valence-electron chi connectivity index (χ1n) is 6.43. The van der Waals surface area contributed by atoms with Gasteiger partial charge in [-0.25, -0.2) is 0 Å². The number of aromatic nitrogens is 1. The van der Waals surface area contributed by atoms with E-state index in [-0.39, 0.29) is 5.84 Å². The van der Waals surface area contributed by atoms with Gasteiger partial charge >= 0.3 is 0 Å². The van der Waals surface area contributed by atoms with Crippen molar-refractivity contribution in [2.45, 2.75) is 27.2 Å². The van der Waals surface area contributed by atoms with Crippen LogP contribution in [0.2, 0.25) is 0 Å². The van der Waals surface area contributed by atoms with Gasteiger partial charge in [0, 0.05) is 13.1 Å². The Balaban J connectivity index is 2.08. The molecule has 1 saturated heterocycles. The molecule has 4 heteroatoms. The zero-order valence-electron chi connectivity index (χ0n) is 11.4. The van der Waals surface area contributed by atoms with E-state index in [0.29, 0.717) is 11.1 Å². The van der Waals surface area contributed by atoms with Crippen molar-refractivity contribution in [1.82, 2.24) is 4.98 Å². The predicted octanol–water partition coefficient (Wildman–Crippen LogP) is 2.24. The fourth-order valence-corrected chi connectivity index (χ4v) is 2.43. The summed E-state index contributed by atoms with van der Waals surface area (Å²) in [4.78, 5) is 6.59. The van der Waals surface area contributed by atoms with Crippen molar-refractivity contribution in [3.8, 4) is 0 Å². The second-order valence-electron chi connectivity index (χ2n) is 6.11. The lowest BCUT2D eigenvalue weighted by molar-refractivity contribution is 0.263. The molecule has 1 aliphatic rings. The zero-order valence-corrected chi connectivity index (χ0v) is 11.4. The summed E-state index contributed by atoms with van der Waals surface area (Å²) in [5.41, 5.74) is 7.44. The summed E-state index contributed by atoms with van der Waals surface area (Å²) in [6.45, 7) is 9.09. The number of hydrogen-bond acceptors (Lipinski definition) is 3. The van der Waals surface area contributed by atoms with Crippen LogP contribution < -0.4 is 10.6 Å². The lowest BCUT2D eigenvalue weighted by Crippen LogP contribution is -2.26. The van der Waals surface area contributed by atoms with E-state index in [1.54, 1.807) is 0 Å². The van der Waals surface area contributed by atoms with E-state index in [1.807, 2.05) is 18.3 Å². The standard InChI is InChI=1S/C14H22N4/c1-14(2,3)10-6-7-18(9-10)11-4-5-12(13(15)16)17-8-11/h4-5,8,10H,6-7,9H2,1-3H3,(H3,15,16). The maximum Gasteiger partial charge on any atom is 0.141 e. The number of rotatable bonds is 2. The van der Waals surface area contributed by atoms with Gasteiger partial charge in [-0.2, -0.15) is 0 Å². The van der Waals surface area contributed by atoms with Gasteiger partial charge in [0.25, 0.3) is 0 Å². The predicted molar refractivity (Wildman–Crippen MR) is 75.0 cm³/mol. The topological polar surface area (TPSA) is 66.0 Å². The largest absolute Gasteiger partial charge is 0.382 e. The van der Waals surface area contributed by atoms with Gasteiger partial charge in [-0.05, 0) is 29.9 Å². The van der Waals surface area contributed by atoms with Crippen LogP contribution in [0.5, 0.6) is 0 Å². The molecule has 0 radical (unpaired) electrons. The maximum atomic E-state index is 7.33. The number of nitrogen functional groups attached to an aromatic ring is 1. The molecule has 0 aliphatic carbocycles. The SMILES string of the molecule is CC(C)(C)C1CCN(c2ccc(C(=N)N)nc2)C1. The molecule has 1 aromatic rings. The fraction of sp³-hybridized carbons (Fsp3) is 0.571. The van der Waals surface area contributed by atoms with Gasteiger partial charge in [-0.15, -0.1) is 0 Å². The molecule has 1 aliphatic heterocycles. The average molecular weight is 246 g/mol. The van der Waals surface area contributed by atoms with Crippen LogP contribution in [-0.2, 0) is 0 Å². The molecule has 4 nitrogen and oxygen atoms in total. The normalized spacial score (nSPS) is 20.2. The average Bonchev–Trinajstić information content (AvgIpc) is 2.78. The highest BCUT2D eigenvalue weighted by Gasteiger charge is 2.31. The monoisotopic (exact) mass is 246 g/mol. The Morgan fingerprint density at radius 2 is 2.17 bits per heavy atom. The summed E-state index contributed by atoms with van der Waals surface area (Å²) < 4.78 is 0. The molecule has 3 N–H and O–H groups in total. The van der Waals surface area contributed by atoms with E-state index < -0.39 is 0 Å². The minimum atomic E-state index is 0.0236. The summed E-state index contributed by atoms with van der Waals surface area (Å²) in [7, 11) is 0. The highest BCUT2D eigenvalue weighted by Crippen LogP contribution is 2.35. The Morgan fingerprint density at radius 3 is 2.61 bits per heavy atom. The third-order valence-electron chi connectivity index (χ3n) is 3.80. The van der Waals surface area contributed by atoms with E-state index in [0.717, 1.165) is 24.7 Å². The molecule has 1 atom stereocenters. The highest BCUT2D eigenvalue weighted by molar-refractivity contribution is 5.93. The second kappa shape index (κ2) is 4.59. The quantitative estimate of drug-likeness (QED) is 0.621. The molecular weight excluding hydrogens is 224 g/mol. The van der Waals surface area contributed by atoms with Crippen molar-refractivity contribution in [2.75, 3.05) is 18.0 Å². The summed E-state index contributed by atoms with van der Waals surface area (Å²) in [6.07, 6.45) is 3.06. The Labute approximate surface area is 109 Å². The Morgan fingerprint density at radius 1 is 1.44 bits per heavy atom. The van der Waals surface area contributed by atoms with Gasteiger partial charge in [-0.1, -0.05) is 20.8 Å². The van der Waals surface area contributed by atoms with Crippen molar-refractivity contribution >= 4 is 11.5 Å². The first-order chi connectivity index (χ1) is 8.38. The van der Waals surface area contributed by atoms with Gasteiger partial charge in [-0.3, -0.25) is 10.4 Å². The third kappa shape index (κ3) is 2.63. The molecule has 1 unspecified atom stereocenters. The maximum absolute atomic E-state index is 7.33. The minimum absolute atomic E-state index is 0.0236. The minimum Gasteiger partial charge on any atom is -0.382 e. The smallest absolute Gasteiger partial charge is 0.141 e. The van der Waals surface area contributed by atoms with Crippen LogP contribution in [0.15, 0.2) is 18.3 Å². The number of nitrogens with zero attached hydrogens (tertiary/aromatic N) is 2. The van der Waals surface area contributed by atoms with Crippen LogP contribution in [0.25, 0.3) is 0 Å². The lowest BCUT2D eigenvalue weighted by atomic mass is 9.80. The van der Waals surface area contributed by atoms with Gasteiger partial charge in [0.15, 0.2) is 0 Å².